The molecule has 0 saturated heterocycles. The molecule has 1 aromatic carbocycles. The summed E-state index contributed by atoms with van der Waals surface area (Å²) in [6.07, 6.45) is -10.0. The van der Waals surface area contributed by atoms with Crippen LogP contribution in [0.2, 0.25) is 0 Å². The van der Waals surface area contributed by atoms with Gasteiger partial charge in [0, 0.05) is 0 Å². The van der Waals surface area contributed by atoms with E-state index in [4.69, 9.17) is 0 Å². The number of carbonyl (C=O) groups excluding carboxylic acids is 1. The molecular formula is C19H16F6N4O3. The SMILES string of the molecule is CC(C)(O)CC(=O)Nc1nc2ccc(C(F)(F)F)nc2n1-c1ccc(OC(F)(F)F)cc1. The number of alkyl halides is 6. The monoisotopic (exact) mass is 462 g/mol. The summed E-state index contributed by atoms with van der Waals surface area (Å²) in [5.74, 6) is -1.48. The summed E-state index contributed by atoms with van der Waals surface area (Å²) in [5, 5.41) is 12.2. The molecule has 0 spiro atoms. The van der Waals surface area contributed by atoms with Crippen LogP contribution in [0, 0.1) is 0 Å². The molecule has 2 aromatic heterocycles. The summed E-state index contributed by atoms with van der Waals surface area (Å²) in [6, 6.07) is 5.93. The molecule has 32 heavy (non-hydrogen) atoms. The zero-order valence-electron chi connectivity index (χ0n) is 16.5. The lowest BCUT2D eigenvalue weighted by molar-refractivity contribution is -0.274. The second kappa shape index (κ2) is 7.97. The fourth-order valence-electron chi connectivity index (χ4n) is 2.80. The van der Waals surface area contributed by atoms with E-state index in [9.17, 15) is 36.2 Å². The molecule has 0 radical (unpaired) electrons. The van der Waals surface area contributed by atoms with E-state index in [0.29, 0.717) is 6.07 Å². The van der Waals surface area contributed by atoms with Crippen molar-refractivity contribution in [1.82, 2.24) is 14.5 Å². The number of halogens is 6. The number of hydrogen-bond acceptors (Lipinski definition) is 5. The number of ether oxygens (including phenoxy) is 1. The fraction of sp³-hybridized carbons (Fsp3) is 0.316. The van der Waals surface area contributed by atoms with Gasteiger partial charge in [-0.15, -0.1) is 13.2 Å². The standard InChI is InChI=1S/C19H16F6N4O3/c1-17(2,31)9-14(30)28-16-26-12-7-8-13(18(20,21)22)27-15(12)29(16)10-3-5-11(6-4-10)32-19(23,24)25/h3-8,31H,9H2,1-2H3,(H,26,28,30). The molecule has 2 N–H and O–H groups in total. The number of benzene rings is 1. The minimum atomic E-state index is -4.93. The minimum absolute atomic E-state index is 0.00724. The van der Waals surface area contributed by atoms with E-state index in [-0.39, 0.29) is 29.2 Å². The second-order valence-corrected chi connectivity index (χ2v) is 7.39. The molecule has 0 bridgehead atoms. The molecule has 0 aliphatic rings. The number of pyridine rings is 1. The molecular weight excluding hydrogens is 446 g/mol. The number of carbonyl (C=O) groups is 1. The van der Waals surface area contributed by atoms with Crippen LogP contribution in [0.15, 0.2) is 36.4 Å². The van der Waals surface area contributed by atoms with E-state index in [1.807, 2.05) is 0 Å². The van der Waals surface area contributed by atoms with E-state index in [0.717, 1.165) is 34.9 Å². The van der Waals surface area contributed by atoms with Crippen LogP contribution in [0.4, 0.5) is 32.3 Å². The molecule has 0 fully saturated rings. The third-order valence-corrected chi connectivity index (χ3v) is 3.97. The van der Waals surface area contributed by atoms with E-state index in [2.05, 4.69) is 20.0 Å². The van der Waals surface area contributed by atoms with Crippen LogP contribution < -0.4 is 10.1 Å². The first-order valence-electron chi connectivity index (χ1n) is 8.97. The maximum atomic E-state index is 13.2. The molecule has 0 unspecified atom stereocenters. The van der Waals surface area contributed by atoms with Gasteiger partial charge >= 0.3 is 12.5 Å². The normalized spacial score (nSPS) is 12.8. The zero-order valence-corrected chi connectivity index (χ0v) is 16.5. The van der Waals surface area contributed by atoms with E-state index in [1.165, 1.54) is 13.8 Å². The van der Waals surface area contributed by atoms with Gasteiger partial charge in [-0.05, 0) is 50.2 Å². The summed E-state index contributed by atoms with van der Waals surface area (Å²) in [7, 11) is 0. The van der Waals surface area contributed by atoms with E-state index in [1.54, 1.807) is 0 Å². The highest BCUT2D eigenvalue weighted by Crippen LogP contribution is 2.32. The van der Waals surface area contributed by atoms with Gasteiger partial charge in [0.2, 0.25) is 11.9 Å². The highest BCUT2D eigenvalue weighted by atomic mass is 19.4. The van der Waals surface area contributed by atoms with Crippen LogP contribution in [-0.2, 0) is 11.0 Å². The van der Waals surface area contributed by atoms with Crippen LogP contribution in [0.5, 0.6) is 5.75 Å². The van der Waals surface area contributed by atoms with Crippen molar-refractivity contribution in [3.63, 3.8) is 0 Å². The van der Waals surface area contributed by atoms with Crippen molar-refractivity contribution in [3.05, 3.63) is 42.1 Å². The lowest BCUT2D eigenvalue weighted by Gasteiger charge is -2.17. The zero-order chi connectivity index (χ0) is 23.9. The average Bonchev–Trinajstić information content (AvgIpc) is 2.95. The van der Waals surface area contributed by atoms with Gasteiger partial charge in [-0.25, -0.2) is 9.97 Å². The Morgan fingerprint density at radius 3 is 2.19 bits per heavy atom. The Hall–Kier alpha value is -3.35. The smallest absolute Gasteiger partial charge is 0.406 e. The summed E-state index contributed by atoms with van der Waals surface area (Å²) < 4.78 is 81.5. The Kier molecular flexibility index (Phi) is 5.80. The molecule has 172 valence electrons. The molecule has 0 saturated carbocycles. The summed E-state index contributed by atoms with van der Waals surface area (Å²) in [4.78, 5) is 19.9. The van der Waals surface area contributed by atoms with Gasteiger partial charge in [0.05, 0.1) is 17.7 Å². The van der Waals surface area contributed by atoms with E-state index >= 15 is 0 Å². The molecule has 0 aliphatic carbocycles. The van der Waals surface area contributed by atoms with Gasteiger partial charge in [0.15, 0.2) is 5.65 Å². The molecule has 3 aromatic rings. The Morgan fingerprint density at radius 1 is 1.03 bits per heavy atom. The van der Waals surface area contributed by atoms with Crippen LogP contribution in [0.25, 0.3) is 16.9 Å². The number of hydrogen-bond donors (Lipinski definition) is 2. The van der Waals surface area contributed by atoms with Crippen molar-refractivity contribution in [3.8, 4) is 11.4 Å². The number of nitrogens with zero attached hydrogens (tertiary/aromatic N) is 3. The number of aromatic nitrogens is 3. The molecule has 1 amide bonds. The number of rotatable bonds is 5. The minimum Gasteiger partial charge on any atom is -0.406 e. The van der Waals surface area contributed by atoms with Crippen molar-refractivity contribution in [2.75, 3.05) is 5.32 Å². The number of fused-ring (bicyclic) bond motifs is 1. The van der Waals surface area contributed by atoms with Crippen LogP contribution in [-0.4, -0.2) is 37.5 Å². The first-order valence-corrected chi connectivity index (χ1v) is 8.97. The maximum absolute atomic E-state index is 13.2. The Bertz CT molecular complexity index is 1130. The van der Waals surface area contributed by atoms with Crippen LogP contribution in [0.3, 0.4) is 0 Å². The Labute approximate surface area is 176 Å². The predicted octanol–water partition coefficient (Wildman–Crippen LogP) is 4.44. The molecule has 7 nitrogen and oxygen atoms in total. The average molecular weight is 462 g/mol. The molecule has 3 rings (SSSR count). The highest BCUT2D eigenvalue weighted by Gasteiger charge is 2.34. The lowest BCUT2D eigenvalue weighted by Crippen LogP contribution is -2.28. The van der Waals surface area contributed by atoms with Gasteiger partial charge in [-0.1, -0.05) is 0 Å². The van der Waals surface area contributed by atoms with Crippen molar-refractivity contribution >= 4 is 23.0 Å². The van der Waals surface area contributed by atoms with Gasteiger partial charge < -0.3 is 9.84 Å². The van der Waals surface area contributed by atoms with Gasteiger partial charge in [-0.3, -0.25) is 14.7 Å². The topological polar surface area (TPSA) is 89.3 Å². The van der Waals surface area contributed by atoms with Crippen molar-refractivity contribution in [2.45, 2.75) is 38.4 Å². The summed E-state index contributed by atoms with van der Waals surface area (Å²) in [6.45, 7) is 2.76. The molecule has 2 heterocycles. The molecule has 0 aliphatic heterocycles. The number of nitrogens with one attached hydrogen (secondary N) is 1. The van der Waals surface area contributed by atoms with Gasteiger partial charge in [0.1, 0.15) is 17.0 Å². The Balaban J connectivity index is 2.10. The first-order chi connectivity index (χ1) is 14.6. The van der Waals surface area contributed by atoms with Crippen molar-refractivity contribution < 1.29 is 41.0 Å². The number of aliphatic hydroxyl groups is 1. The quantitative estimate of drug-likeness (QED) is 0.548. The third-order valence-electron chi connectivity index (χ3n) is 3.97. The molecule has 0 atom stereocenters. The predicted molar refractivity (Wildman–Crippen MR) is 100 cm³/mol. The fourth-order valence-corrected chi connectivity index (χ4v) is 2.80. The van der Waals surface area contributed by atoms with Crippen molar-refractivity contribution in [1.29, 1.82) is 0 Å². The molecule has 13 heteroatoms. The van der Waals surface area contributed by atoms with Gasteiger partial charge in [-0.2, -0.15) is 13.2 Å². The van der Waals surface area contributed by atoms with Crippen LogP contribution in [0.1, 0.15) is 26.0 Å². The van der Waals surface area contributed by atoms with Crippen LogP contribution >= 0.6 is 0 Å². The van der Waals surface area contributed by atoms with Gasteiger partial charge in [0.25, 0.3) is 0 Å². The van der Waals surface area contributed by atoms with E-state index < -0.39 is 35.5 Å². The summed E-state index contributed by atoms with van der Waals surface area (Å²) >= 11 is 0. The van der Waals surface area contributed by atoms with Crippen molar-refractivity contribution in [2.24, 2.45) is 0 Å². The highest BCUT2D eigenvalue weighted by molar-refractivity contribution is 5.92. The summed E-state index contributed by atoms with van der Waals surface area (Å²) in [5.41, 5.74) is -2.83. The largest absolute Gasteiger partial charge is 0.573 e. The second-order valence-electron chi connectivity index (χ2n) is 7.39. The first kappa shape index (κ1) is 23.3. The Morgan fingerprint density at radius 2 is 1.66 bits per heavy atom. The number of amides is 1. The third kappa shape index (κ3) is 5.66. The maximum Gasteiger partial charge on any atom is 0.573 e. The number of imidazole rings is 1. The lowest BCUT2D eigenvalue weighted by atomic mass is 10.1. The number of anilines is 1.